The Bertz CT molecular complexity index is 998. The molecule has 9 nitrogen and oxygen atoms in total. The fourth-order valence-electron chi connectivity index (χ4n) is 3.39. The highest BCUT2D eigenvalue weighted by Gasteiger charge is 2.58. The lowest BCUT2D eigenvalue weighted by Crippen LogP contribution is -2.60. The number of fused-ring (bicyclic) bond motifs is 1. The van der Waals surface area contributed by atoms with E-state index in [-0.39, 0.29) is 39.0 Å². The molecule has 4 atom stereocenters. The molecule has 1 aromatic rings. The third kappa shape index (κ3) is 4.67. The van der Waals surface area contributed by atoms with Crippen molar-refractivity contribution in [1.82, 2.24) is 4.90 Å². The van der Waals surface area contributed by atoms with Gasteiger partial charge in [-0.1, -0.05) is 35.3 Å². The van der Waals surface area contributed by atoms with Crippen molar-refractivity contribution in [2.75, 3.05) is 11.5 Å². The Balaban J connectivity index is 1.47. The molecule has 2 fully saturated rings. The molecule has 0 bridgehead atoms. The molecular weight excluding hydrogens is 496 g/mol. The summed E-state index contributed by atoms with van der Waals surface area (Å²) >= 11 is 5.33. The summed E-state index contributed by atoms with van der Waals surface area (Å²) in [5, 5.41) is 20.5. The van der Waals surface area contributed by atoms with E-state index in [0.717, 1.165) is 0 Å². The third-order valence-corrected chi connectivity index (χ3v) is 10.6. The fourth-order valence-corrected chi connectivity index (χ4v) is 8.95. The average Bonchev–Trinajstić information content (AvgIpc) is 3.31. The van der Waals surface area contributed by atoms with Crippen molar-refractivity contribution in [3.63, 3.8) is 0 Å². The van der Waals surface area contributed by atoms with Gasteiger partial charge in [-0.25, -0.2) is 4.79 Å². The van der Waals surface area contributed by atoms with Crippen LogP contribution in [-0.4, -0.2) is 59.5 Å². The third-order valence-electron chi connectivity index (χ3n) is 5.03. The van der Waals surface area contributed by atoms with Gasteiger partial charge >= 0.3 is 5.97 Å². The SMILES string of the molecule is C[C@@H](O)[C@H]1C(=O)N2C(C(=O)OCc3ccc([N+](=O)[O-])cc3)=C(SCC3CSC(=O)S3)S[C@H]12. The molecule has 0 saturated carbocycles. The van der Waals surface area contributed by atoms with Crippen LogP contribution in [0.3, 0.4) is 0 Å². The Morgan fingerprint density at radius 2 is 2.06 bits per heavy atom. The number of rotatable bonds is 8. The summed E-state index contributed by atoms with van der Waals surface area (Å²) in [6.07, 6.45) is -0.836. The lowest BCUT2D eigenvalue weighted by molar-refractivity contribution is -0.384. The Hall–Kier alpha value is -1.67. The quantitative estimate of drug-likeness (QED) is 0.237. The Morgan fingerprint density at radius 3 is 2.66 bits per heavy atom. The van der Waals surface area contributed by atoms with Crippen molar-refractivity contribution in [1.29, 1.82) is 0 Å². The van der Waals surface area contributed by atoms with Gasteiger partial charge in [-0.3, -0.25) is 24.6 Å². The number of benzene rings is 1. The van der Waals surface area contributed by atoms with E-state index in [1.807, 2.05) is 0 Å². The number of nitrogens with zero attached hydrogens (tertiary/aromatic N) is 2. The van der Waals surface area contributed by atoms with E-state index in [4.69, 9.17) is 4.74 Å². The van der Waals surface area contributed by atoms with E-state index in [1.165, 1.54) is 76.2 Å². The summed E-state index contributed by atoms with van der Waals surface area (Å²) in [7, 11) is 0. The van der Waals surface area contributed by atoms with Crippen LogP contribution < -0.4 is 0 Å². The lowest BCUT2D eigenvalue weighted by Gasteiger charge is -2.43. The number of aliphatic hydroxyl groups excluding tert-OH is 1. The van der Waals surface area contributed by atoms with Gasteiger partial charge in [0.25, 0.3) is 5.69 Å². The number of hydrogen-bond donors (Lipinski definition) is 1. The Kier molecular flexibility index (Phi) is 7.10. The topological polar surface area (TPSA) is 127 Å². The predicted octanol–water partition coefficient (Wildman–Crippen LogP) is 3.42. The van der Waals surface area contributed by atoms with Crippen LogP contribution in [0.5, 0.6) is 0 Å². The molecule has 0 radical (unpaired) electrons. The number of amides is 1. The van der Waals surface area contributed by atoms with Crippen LogP contribution in [0.1, 0.15) is 12.5 Å². The first kappa shape index (κ1) is 23.5. The van der Waals surface area contributed by atoms with Crippen molar-refractivity contribution in [2.24, 2.45) is 5.92 Å². The number of aliphatic hydroxyl groups is 1. The minimum Gasteiger partial charge on any atom is -0.456 e. The highest BCUT2D eigenvalue weighted by atomic mass is 32.2. The van der Waals surface area contributed by atoms with E-state index in [2.05, 4.69) is 0 Å². The minimum absolute atomic E-state index is 0.0618. The molecule has 13 heteroatoms. The molecule has 0 aliphatic carbocycles. The lowest BCUT2D eigenvalue weighted by atomic mass is 9.92. The first-order valence-corrected chi connectivity index (χ1v) is 13.3. The van der Waals surface area contributed by atoms with Crippen LogP contribution in [0.15, 0.2) is 34.2 Å². The molecule has 3 heterocycles. The molecule has 3 aliphatic heterocycles. The first-order chi connectivity index (χ1) is 15.3. The van der Waals surface area contributed by atoms with E-state index in [9.17, 15) is 29.6 Å². The highest BCUT2D eigenvalue weighted by Crippen LogP contribution is 2.54. The summed E-state index contributed by atoms with van der Waals surface area (Å²) in [5.41, 5.74) is 0.680. The smallest absolute Gasteiger partial charge is 0.357 e. The van der Waals surface area contributed by atoms with Gasteiger partial charge < -0.3 is 9.84 Å². The molecule has 32 heavy (non-hydrogen) atoms. The van der Waals surface area contributed by atoms with Gasteiger partial charge in [-0.15, -0.1) is 11.8 Å². The van der Waals surface area contributed by atoms with Gasteiger partial charge in [-0.05, 0) is 24.6 Å². The van der Waals surface area contributed by atoms with Gasteiger partial charge in [0.15, 0.2) is 5.70 Å². The molecule has 1 aromatic carbocycles. The number of nitro benzene ring substituents is 1. The van der Waals surface area contributed by atoms with Gasteiger partial charge in [0, 0.05) is 28.9 Å². The van der Waals surface area contributed by atoms with Crippen molar-refractivity contribution >= 4 is 69.1 Å². The summed E-state index contributed by atoms with van der Waals surface area (Å²) < 4.78 is 6.14. The van der Waals surface area contributed by atoms with Gasteiger partial charge in [0.1, 0.15) is 12.0 Å². The van der Waals surface area contributed by atoms with E-state index in [0.29, 0.717) is 21.3 Å². The number of non-ortho nitro benzene ring substituents is 1. The summed E-state index contributed by atoms with van der Waals surface area (Å²) in [6, 6.07) is 5.67. The number of thioether (sulfide) groups is 4. The number of nitro groups is 1. The van der Waals surface area contributed by atoms with Crippen LogP contribution in [0, 0.1) is 16.0 Å². The number of carbonyl (C=O) groups excluding carboxylic acids is 3. The van der Waals surface area contributed by atoms with Crippen molar-refractivity contribution in [3.8, 4) is 0 Å². The number of hydrogen-bond acceptors (Lipinski definition) is 11. The van der Waals surface area contributed by atoms with Crippen molar-refractivity contribution in [2.45, 2.75) is 30.3 Å². The molecule has 2 saturated heterocycles. The largest absolute Gasteiger partial charge is 0.456 e. The number of ether oxygens (including phenoxy) is 1. The average molecular weight is 515 g/mol. The maximum Gasteiger partial charge on any atom is 0.357 e. The second-order valence-electron chi connectivity index (χ2n) is 7.23. The molecule has 0 spiro atoms. The van der Waals surface area contributed by atoms with Crippen LogP contribution in [0.4, 0.5) is 10.5 Å². The van der Waals surface area contributed by atoms with Crippen LogP contribution in [-0.2, 0) is 20.9 Å². The summed E-state index contributed by atoms with van der Waals surface area (Å²) in [5.74, 6) is -0.261. The number of carbonyl (C=O) groups is 3. The Labute approximate surface area is 200 Å². The molecule has 1 amide bonds. The highest BCUT2D eigenvalue weighted by molar-refractivity contribution is 8.41. The molecule has 1 N–H and O–H groups in total. The van der Waals surface area contributed by atoms with E-state index in [1.54, 1.807) is 6.92 Å². The van der Waals surface area contributed by atoms with Crippen molar-refractivity contribution < 1.29 is 29.2 Å². The maximum atomic E-state index is 12.9. The summed E-state index contributed by atoms with van der Waals surface area (Å²) in [4.78, 5) is 48.7. The summed E-state index contributed by atoms with van der Waals surface area (Å²) in [6.45, 7) is 1.45. The molecule has 3 aliphatic rings. The van der Waals surface area contributed by atoms with Crippen LogP contribution in [0.25, 0.3) is 0 Å². The normalized spacial score (nSPS) is 25.6. The molecule has 170 valence electrons. The second-order valence-corrected chi connectivity index (χ2v) is 12.2. The predicted molar refractivity (Wildman–Crippen MR) is 125 cm³/mol. The van der Waals surface area contributed by atoms with E-state index < -0.39 is 22.9 Å². The monoisotopic (exact) mass is 514 g/mol. The number of esters is 1. The Morgan fingerprint density at radius 1 is 1.34 bits per heavy atom. The molecule has 4 rings (SSSR count). The zero-order chi connectivity index (χ0) is 23.0. The zero-order valence-electron chi connectivity index (χ0n) is 16.7. The van der Waals surface area contributed by atoms with Crippen molar-refractivity contribution in [3.05, 3.63) is 49.9 Å². The van der Waals surface area contributed by atoms with Gasteiger partial charge in [0.2, 0.25) is 10.4 Å². The first-order valence-electron chi connectivity index (χ1n) is 9.55. The van der Waals surface area contributed by atoms with Crippen LogP contribution >= 0.6 is 47.0 Å². The van der Waals surface area contributed by atoms with Crippen LogP contribution in [0.2, 0.25) is 0 Å². The molecular formula is C19H18N2O7S4. The van der Waals surface area contributed by atoms with E-state index >= 15 is 0 Å². The second kappa shape index (κ2) is 9.67. The van der Waals surface area contributed by atoms with Gasteiger partial charge in [0.05, 0.1) is 21.2 Å². The fraction of sp³-hybridized carbons (Fsp3) is 0.421. The zero-order valence-corrected chi connectivity index (χ0v) is 19.9. The van der Waals surface area contributed by atoms with Gasteiger partial charge in [-0.2, -0.15) is 0 Å². The minimum atomic E-state index is -0.836. The number of β-lactam (4-membered cyclic amide) rings is 1. The standard InChI is InChI=1S/C19H18N2O7S4/c1-9(22)13-15(23)20-14(17(24)28-6-10-2-4-11(5-3-10)21(26)27)18(32-16(13)20)29-7-12-8-30-19(25)31-12/h2-5,9,12-13,16,22H,6-8H2,1H3/t9-,12?,13+,16-/m1/s1. The maximum absolute atomic E-state index is 12.9. The molecule has 0 aromatic heterocycles. The molecule has 1 unspecified atom stereocenters.